The summed E-state index contributed by atoms with van der Waals surface area (Å²) in [7, 11) is 2.05. The molecule has 1 aromatic rings. The molecular weight excluding hydrogens is 206 g/mol. The van der Waals surface area contributed by atoms with Crippen LogP contribution in [0, 0.1) is 5.92 Å². The summed E-state index contributed by atoms with van der Waals surface area (Å²) in [6, 6.07) is 8.93. The Balaban J connectivity index is 2.16. The van der Waals surface area contributed by atoms with Crippen LogP contribution in [0.15, 0.2) is 24.3 Å². The van der Waals surface area contributed by atoms with Crippen LogP contribution in [-0.2, 0) is 0 Å². The molecule has 0 aromatic heterocycles. The Kier molecular flexibility index (Phi) is 3.32. The molecule has 82 valence electrons. The summed E-state index contributed by atoms with van der Waals surface area (Å²) < 4.78 is 0. The molecule has 0 amide bonds. The van der Waals surface area contributed by atoms with E-state index in [9.17, 15) is 0 Å². The first kappa shape index (κ1) is 11.0. The van der Waals surface area contributed by atoms with Crippen LogP contribution < -0.4 is 5.32 Å². The van der Waals surface area contributed by atoms with E-state index in [2.05, 4.69) is 31.4 Å². The zero-order valence-corrected chi connectivity index (χ0v) is 10.1. The molecule has 1 nitrogen and oxygen atoms in total. The van der Waals surface area contributed by atoms with Crippen LogP contribution in [0.2, 0.25) is 5.02 Å². The molecule has 0 spiro atoms. The quantitative estimate of drug-likeness (QED) is 0.828. The van der Waals surface area contributed by atoms with Gasteiger partial charge in [0.25, 0.3) is 0 Å². The Hall–Kier alpha value is -0.530. The minimum atomic E-state index is 0.654. The molecule has 1 fully saturated rings. The Morgan fingerprint density at radius 2 is 2.13 bits per heavy atom. The van der Waals surface area contributed by atoms with E-state index < -0.39 is 0 Å². The van der Waals surface area contributed by atoms with Gasteiger partial charge in [0, 0.05) is 11.1 Å². The van der Waals surface area contributed by atoms with Crippen molar-refractivity contribution in [3.05, 3.63) is 34.9 Å². The summed E-state index contributed by atoms with van der Waals surface area (Å²) in [5, 5.41) is 4.30. The van der Waals surface area contributed by atoms with E-state index >= 15 is 0 Å². The molecule has 0 heterocycles. The van der Waals surface area contributed by atoms with Crippen molar-refractivity contribution >= 4 is 11.6 Å². The second kappa shape index (κ2) is 4.54. The van der Waals surface area contributed by atoms with E-state index in [1.165, 1.54) is 18.4 Å². The van der Waals surface area contributed by atoms with Gasteiger partial charge >= 0.3 is 0 Å². The second-order valence-electron chi connectivity index (χ2n) is 4.33. The molecule has 1 N–H and O–H groups in total. The maximum absolute atomic E-state index is 6.22. The topological polar surface area (TPSA) is 12.0 Å². The average molecular weight is 224 g/mol. The van der Waals surface area contributed by atoms with Crippen LogP contribution in [0.4, 0.5) is 0 Å². The Morgan fingerprint density at radius 1 is 1.40 bits per heavy atom. The highest BCUT2D eigenvalue weighted by Gasteiger charge is 2.40. The number of hydrogen-bond acceptors (Lipinski definition) is 1. The first-order valence-corrected chi connectivity index (χ1v) is 6.07. The molecule has 1 aliphatic carbocycles. The third-order valence-corrected chi connectivity index (χ3v) is 4.03. The summed E-state index contributed by atoms with van der Waals surface area (Å²) in [5.41, 5.74) is 1.33. The monoisotopic (exact) mass is 223 g/mol. The van der Waals surface area contributed by atoms with E-state index in [-0.39, 0.29) is 0 Å². The lowest BCUT2D eigenvalue weighted by Crippen LogP contribution is -2.47. The molecule has 1 aliphatic rings. The van der Waals surface area contributed by atoms with Gasteiger partial charge < -0.3 is 5.32 Å². The molecule has 1 aromatic carbocycles. The smallest absolute Gasteiger partial charge is 0.0440 e. The zero-order chi connectivity index (χ0) is 10.8. The molecule has 15 heavy (non-hydrogen) atoms. The molecule has 2 heteroatoms. The number of nitrogens with one attached hydrogen (secondary N) is 1. The molecule has 0 saturated heterocycles. The zero-order valence-electron chi connectivity index (χ0n) is 9.33. The SMILES string of the molecule is CCC1C(NC)CC1c1ccccc1Cl. The lowest BCUT2D eigenvalue weighted by atomic mass is 9.65. The first-order valence-electron chi connectivity index (χ1n) is 5.69. The van der Waals surface area contributed by atoms with Gasteiger partial charge in [-0.1, -0.05) is 43.1 Å². The molecule has 3 atom stereocenters. The number of hydrogen-bond donors (Lipinski definition) is 1. The number of benzene rings is 1. The van der Waals surface area contributed by atoms with Gasteiger partial charge in [-0.15, -0.1) is 0 Å². The van der Waals surface area contributed by atoms with Crippen molar-refractivity contribution in [1.29, 1.82) is 0 Å². The van der Waals surface area contributed by atoms with Gasteiger partial charge in [0.1, 0.15) is 0 Å². The van der Waals surface area contributed by atoms with Crippen LogP contribution in [0.5, 0.6) is 0 Å². The van der Waals surface area contributed by atoms with Gasteiger partial charge in [-0.3, -0.25) is 0 Å². The summed E-state index contributed by atoms with van der Waals surface area (Å²) in [4.78, 5) is 0. The van der Waals surface area contributed by atoms with E-state index in [1.807, 2.05) is 12.1 Å². The minimum absolute atomic E-state index is 0.654. The molecule has 0 radical (unpaired) electrons. The molecular formula is C13H18ClN. The third-order valence-electron chi connectivity index (χ3n) is 3.69. The van der Waals surface area contributed by atoms with Crippen molar-refractivity contribution in [2.24, 2.45) is 5.92 Å². The molecule has 0 aliphatic heterocycles. The van der Waals surface area contributed by atoms with Crippen molar-refractivity contribution in [3.63, 3.8) is 0 Å². The average Bonchev–Trinajstić information content (AvgIpc) is 2.21. The van der Waals surface area contributed by atoms with Gasteiger partial charge in [0.15, 0.2) is 0 Å². The lowest BCUT2D eigenvalue weighted by Gasteiger charge is -2.45. The Morgan fingerprint density at radius 3 is 2.73 bits per heavy atom. The summed E-state index contributed by atoms with van der Waals surface area (Å²) in [6.45, 7) is 2.26. The van der Waals surface area contributed by atoms with Gasteiger partial charge in [-0.05, 0) is 36.9 Å². The molecule has 1 saturated carbocycles. The normalized spacial score (nSPS) is 29.9. The fourth-order valence-corrected chi connectivity index (χ4v) is 3.02. The Bertz CT molecular complexity index is 337. The predicted molar refractivity (Wildman–Crippen MR) is 65.4 cm³/mol. The largest absolute Gasteiger partial charge is 0.317 e. The maximum Gasteiger partial charge on any atom is 0.0440 e. The van der Waals surface area contributed by atoms with Crippen LogP contribution in [0.3, 0.4) is 0 Å². The Labute approximate surface area is 96.8 Å². The third kappa shape index (κ3) is 1.91. The highest BCUT2D eigenvalue weighted by atomic mass is 35.5. The second-order valence-corrected chi connectivity index (χ2v) is 4.74. The minimum Gasteiger partial charge on any atom is -0.317 e. The fraction of sp³-hybridized carbons (Fsp3) is 0.538. The molecule has 0 bridgehead atoms. The van der Waals surface area contributed by atoms with Crippen molar-refractivity contribution in [1.82, 2.24) is 5.32 Å². The maximum atomic E-state index is 6.22. The summed E-state index contributed by atoms with van der Waals surface area (Å²) >= 11 is 6.22. The number of halogens is 1. The van der Waals surface area contributed by atoms with E-state index in [0.717, 1.165) is 10.9 Å². The summed E-state index contributed by atoms with van der Waals surface area (Å²) in [6.07, 6.45) is 2.44. The van der Waals surface area contributed by atoms with Gasteiger partial charge in [0.05, 0.1) is 0 Å². The van der Waals surface area contributed by atoms with E-state index in [0.29, 0.717) is 12.0 Å². The highest BCUT2D eigenvalue weighted by Crippen LogP contribution is 2.46. The highest BCUT2D eigenvalue weighted by molar-refractivity contribution is 6.31. The van der Waals surface area contributed by atoms with E-state index in [1.54, 1.807) is 0 Å². The fourth-order valence-electron chi connectivity index (χ4n) is 2.74. The standard InChI is InChI=1S/C13H18ClN/c1-3-9-11(8-13(9)15-2)10-6-4-5-7-12(10)14/h4-7,9,11,13,15H,3,8H2,1-2H3. The molecule has 3 unspecified atom stereocenters. The van der Waals surface area contributed by atoms with Crippen molar-refractivity contribution in [2.75, 3.05) is 7.05 Å². The lowest BCUT2D eigenvalue weighted by molar-refractivity contribution is 0.169. The van der Waals surface area contributed by atoms with E-state index in [4.69, 9.17) is 11.6 Å². The van der Waals surface area contributed by atoms with Crippen LogP contribution >= 0.6 is 11.6 Å². The summed E-state index contributed by atoms with van der Waals surface area (Å²) in [5.74, 6) is 1.40. The van der Waals surface area contributed by atoms with Crippen LogP contribution in [0.1, 0.15) is 31.2 Å². The van der Waals surface area contributed by atoms with Gasteiger partial charge in [-0.25, -0.2) is 0 Å². The van der Waals surface area contributed by atoms with Crippen LogP contribution in [-0.4, -0.2) is 13.1 Å². The van der Waals surface area contributed by atoms with Crippen LogP contribution in [0.25, 0.3) is 0 Å². The van der Waals surface area contributed by atoms with Gasteiger partial charge in [-0.2, -0.15) is 0 Å². The first-order chi connectivity index (χ1) is 7.27. The number of rotatable bonds is 3. The van der Waals surface area contributed by atoms with Crippen molar-refractivity contribution in [2.45, 2.75) is 31.7 Å². The predicted octanol–water partition coefficient (Wildman–Crippen LogP) is 3.44. The molecule has 2 rings (SSSR count). The van der Waals surface area contributed by atoms with Crippen molar-refractivity contribution in [3.8, 4) is 0 Å². The van der Waals surface area contributed by atoms with Crippen molar-refractivity contribution < 1.29 is 0 Å². The van der Waals surface area contributed by atoms with Gasteiger partial charge in [0.2, 0.25) is 0 Å².